The van der Waals surface area contributed by atoms with Crippen molar-refractivity contribution in [1.82, 2.24) is 0 Å². The van der Waals surface area contributed by atoms with Crippen molar-refractivity contribution in [3.8, 4) is 0 Å². The molecule has 0 N–H and O–H groups in total. The van der Waals surface area contributed by atoms with Crippen molar-refractivity contribution in [3.05, 3.63) is 12.2 Å². The Morgan fingerprint density at radius 2 is 0.545 bits per heavy atom. The van der Waals surface area contributed by atoms with Gasteiger partial charge < -0.3 is 18.9 Å². The predicted octanol–water partition coefficient (Wildman–Crippen LogP) is 10.0. The van der Waals surface area contributed by atoms with Crippen LogP contribution in [0.2, 0.25) is 0 Å². The van der Waals surface area contributed by atoms with E-state index in [2.05, 4.69) is 18.9 Å². The molecule has 2 unspecified atom stereocenters. The lowest BCUT2D eigenvalue weighted by molar-refractivity contribution is -0.453. The van der Waals surface area contributed by atoms with E-state index in [9.17, 15) is 151 Å². The first-order chi connectivity index (χ1) is 28.6. The molecule has 66 heavy (non-hydrogen) atoms. The van der Waals surface area contributed by atoms with Gasteiger partial charge in [-0.05, 0) is 0 Å². The first-order valence-electron chi connectivity index (χ1n) is 15.6. The van der Waals surface area contributed by atoms with Crippen molar-refractivity contribution >= 4 is 23.9 Å². The fraction of sp³-hybridized carbons (Fsp3) is 0.786. The van der Waals surface area contributed by atoms with Gasteiger partial charge in [0, 0.05) is 26.0 Å². The second-order valence-electron chi connectivity index (χ2n) is 12.6. The van der Waals surface area contributed by atoms with E-state index >= 15 is 0 Å². The van der Waals surface area contributed by atoms with Gasteiger partial charge in [-0.1, -0.05) is 0 Å². The summed E-state index contributed by atoms with van der Waals surface area (Å²) in [5.41, 5.74) is 0. The molecular weight excluding hydrogens is 1030 g/mol. The van der Waals surface area contributed by atoms with Crippen LogP contribution in [0.25, 0.3) is 0 Å². The molecule has 38 heteroatoms. The van der Waals surface area contributed by atoms with Gasteiger partial charge in [0.2, 0.25) is 0 Å². The van der Waals surface area contributed by atoms with Crippen LogP contribution in [-0.4, -0.2) is 133 Å². The fourth-order valence-corrected chi connectivity index (χ4v) is 4.15. The van der Waals surface area contributed by atoms with Crippen LogP contribution in [0.1, 0.15) is 26.7 Å². The number of alkyl halides is 30. The molecule has 0 radical (unpaired) electrons. The van der Waals surface area contributed by atoms with E-state index in [4.69, 9.17) is 0 Å². The first kappa shape index (κ1) is 61.5. The maximum Gasteiger partial charge on any atom is 0.460 e. The Kier molecular flexibility index (Phi) is 17.3. The van der Waals surface area contributed by atoms with E-state index in [-0.39, 0.29) is 13.8 Å². The quantitative estimate of drug-likeness (QED) is 0.0457. The fourth-order valence-electron chi connectivity index (χ4n) is 4.15. The number of hydrogen-bond acceptors (Lipinski definition) is 8. The minimum absolute atomic E-state index is 0.114. The molecule has 0 aliphatic rings. The molecule has 0 spiro atoms. The summed E-state index contributed by atoms with van der Waals surface area (Å²) < 4.78 is 419. The molecule has 0 bridgehead atoms. The van der Waals surface area contributed by atoms with Crippen molar-refractivity contribution in [2.24, 2.45) is 0 Å². The number of ether oxygens (including phenoxy) is 4. The van der Waals surface area contributed by atoms with E-state index in [0.29, 0.717) is 0 Å². The summed E-state index contributed by atoms with van der Waals surface area (Å²) in [4.78, 5) is 46.0. The minimum Gasteiger partial charge on any atom is -0.459 e. The van der Waals surface area contributed by atoms with Gasteiger partial charge in [0.15, 0.2) is 0 Å². The Labute approximate surface area is 342 Å². The molecule has 0 fully saturated rings. The molecule has 0 heterocycles. The van der Waals surface area contributed by atoms with Crippen LogP contribution in [0.3, 0.4) is 0 Å². The van der Waals surface area contributed by atoms with E-state index in [1.807, 2.05) is 0 Å². The predicted molar refractivity (Wildman–Crippen MR) is 143 cm³/mol. The molecule has 2 atom stereocenters. The maximum atomic E-state index is 14.4. The standard InChI is InChI=1S/C28H18F30O8/c1-9(59)65-11(5-15(29,30)17(33,34)19(37,38)21(41,42)23(45,46)25(49,50)27(53,54)55)7-63-13(61)3-4-14(62)64-8-12(66-10(2)60)6-16(31,32)18(35,36)20(39,40)22(43,44)24(47,48)26(51,52)28(56,57)58/h3-4,11-12H,5-8H2,1-2H3/b4-3-. The third-order valence-electron chi connectivity index (χ3n) is 7.60. The summed E-state index contributed by atoms with van der Waals surface area (Å²) in [5.74, 6) is -108. The highest BCUT2D eigenvalue weighted by atomic mass is 19.4. The first-order valence-corrected chi connectivity index (χ1v) is 15.6. The summed E-state index contributed by atoms with van der Waals surface area (Å²) in [6.07, 6.45) is -30.4. The summed E-state index contributed by atoms with van der Waals surface area (Å²) in [7, 11) is 0. The van der Waals surface area contributed by atoms with Crippen LogP contribution in [0, 0.1) is 0 Å². The van der Waals surface area contributed by atoms with Gasteiger partial charge in [0.1, 0.15) is 25.4 Å². The van der Waals surface area contributed by atoms with Crippen LogP contribution >= 0.6 is 0 Å². The second-order valence-corrected chi connectivity index (χ2v) is 12.6. The molecule has 0 saturated heterocycles. The Morgan fingerprint density at radius 3 is 0.742 bits per heavy atom. The zero-order valence-electron chi connectivity index (χ0n) is 30.7. The van der Waals surface area contributed by atoms with E-state index in [1.165, 1.54) is 0 Å². The van der Waals surface area contributed by atoms with Gasteiger partial charge in [-0.15, -0.1) is 0 Å². The lowest BCUT2D eigenvalue weighted by Gasteiger charge is -2.41. The normalized spacial score (nSPS) is 16.2. The van der Waals surface area contributed by atoms with Crippen LogP contribution in [0.4, 0.5) is 132 Å². The second kappa shape index (κ2) is 18.5. The highest BCUT2D eigenvalue weighted by molar-refractivity contribution is 5.91. The molecular formula is C28H18F30O8. The topological polar surface area (TPSA) is 105 Å². The minimum atomic E-state index is -8.74. The zero-order chi connectivity index (χ0) is 53.5. The Bertz CT molecular complexity index is 1660. The summed E-state index contributed by atoms with van der Waals surface area (Å²) in [5, 5.41) is 0. The van der Waals surface area contributed by atoms with Crippen LogP contribution in [0.15, 0.2) is 12.2 Å². The van der Waals surface area contributed by atoms with Gasteiger partial charge in [0.05, 0.1) is 12.8 Å². The number of esters is 4. The van der Waals surface area contributed by atoms with E-state index < -0.39 is 158 Å². The lowest BCUT2D eigenvalue weighted by atomic mass is 9.89. The van der Waals surface area contributed by atoms with Crippen molar-refractivity contribution in [2.45, 2.75) is 122 Å². The number of carbonyl (C=O) groups is 4. The molecule has 0 aromatic rings. The summed E-state index contributed by atoms with van der Waals surface area (Å²) in [6.45, 7) is -4.28. The summed E-state index contributed by atoms with van der Waals surface area (Å²) >= 11 is 0. The highest BCUT2D eigenvalue weighted by Crippen LogP contribution is 2.64. The molecule has 8 nitrogen and oxygen atoms in total. The zero-order valence-corrected chi connectivity index (χ0v) is 30.7. The average molecular weight is 1050 g/mol. The van der Waals surface area contributed by atoms with Crippen LogP contribution < -0.4 is 0 Å². The Hall–Kier alpha value is -4.48. The smallest absolute Gasteiger partial charge is 0.459 e. The number of halogens is 30. The molecule has 0 amide bonds. The molecule has 0 aromatic heterocycles. The molecule has 0 aliphatic heterocycles. The third-order valence-corrected chi connectivity index (χ3v) is 7.60. The molecule has 388 valence electrons. The van der Waals surface area contributed by atoms with Gasteiger partial charge in [-0.2, -0.15) is 132 Å². The van der Waals surface area contributed by atoms with E-state index in [1.54, 1.807) is 0 Å². The van der Waals surface area contributed by atoms with Gasteiger partial charge >= 0.3 is 107 Å². The van der Waals surface area contributed by atoms with Crippen molar-refractivity contribution in [2.75, 3.05) is 13.2 Å². The molecule has 0 saturated carbocycles. The largest absolute Gasteiger partial charge is 0.460 e. The van der Waals surface area contributed by atoms with Crippen molar-refractivity contribution in [1.29, 1.82) is 0 Å². The van der Waals surface area contributed by atoms with Crippen LogP contribution in [-0.2, 0) is 38.1 Å². The maximum absolute atomic E-state index is 14.4. The molecule has 0 rings (SSSR count). The third kappa shape index (κ3) is 10.9. The monoisotopic (exact) mass is 1050 g/mol. The van der Waals surface area contributed by atoms with Crippen molar-refractivity contribution < 1.29 is 170 Å². The van der Waals surface area contributed by atoms with Gasteiger partial charge in [-0.25, -0.2) is 9.59 Å². The van der Waals surface area contributed by atoms with Gasteiger partial charge in [0.25, 0.3) is 0 Å². The number of carbonyl (C=O) groups excluding carboxylic acids is 4. The lowest BCUT2D eigenvalue weighted by Crippen LogP contribution is -2.72. The number of rotatable bonds is 22. The summed E-state index contributed by atoms with van der Waals surface area (Å²) in [6, 6.07) is 0. The molecule has 0 aliphatic carbocycles. The van der Waals surface area contributed by atoms with Gasteiger partial charge in [-0.3, -0.25) is 9.59 Å². The van der Waals surface area contributed by atoms with Crippen molar-refractivity contribution in [3.63, 3.8) is 0 Å². The number of hydrogen-bond donors (Lipinski definition) is 0. The average Bonchev–Trinajstić information content (AvgIpc) is 3.09. The van der Waals surface area contributed by atoms with Crippen LogP contribution in [0.5, 0.6) is 0 Å². The highest BCUT2D eigenvalue weighted by Gasteiger charge is 2.95. The Balaban J connectivity index is 6.31. The SMILES string of the molecule is CC(=O)OC(COC(=O)/C=C\C(=O)OCC(CC(F)(F)C(F)(F)C(F)(F)C(F)(F)C(F)(F)C(F)(F)C(F)(F)F)OC(C)=O)CC(F)(F)C(F)(F)C(F)(F)C(F)(F)C(F)(F)C(F)(F)C(F)(F)F. The molecule has 0 aromatic carbocycles. The Morgan fingerprint density at radius 1 is 0.348 bits per heavy atom. The van der Waals surface area contributed by atoms with E-state index in [0.717, 1.165) is 0 Å².